The lowest BCUT2D eigenvalue weighted by atomic mass is 10.0. The normalized spacial score (nSPS) is 21.4. The molecule has 0 amide bonds. The Morgan fingerprint density at radius 2 is 2.29 bits per heavy atom. The molecule has 0 radical (unpaired) electrons. The van der Waals surface area contributed by atoms with Crippen molar-refractivity contribution in [2.75, 3.05) is 6.54 Å². The van der Waals surface area contributed by atoms with Crippen molar-refractivity contribution in [2.45, 2.75) is 18.9 Å². The number of hydrogen-bond donors (Lipinski definition) is 2. The third-order valence-electron chi connectivity index (χ3n) is 2.49. The summed E-state index contributed by atoms with van der Waals surface area (Å²) in [7, 11) is 0. The van der Waals surface area contributed by atoms with Crippen LogP contribution in [0.15, 0.2) is 16.6 Å². The highest BCUT2D eigenvalue weighted by Crippen LogP contribution is 2.34. The van der Waals surface area contributed by atoms with Crippen LogP contribution in [0.1, 0.15) is 24.4 Å². The van der Waals surface area contributed by atoms with E-state index in [4.69, 9.17) is 0 Å². The van der Waals surface area contributed by atoms with Gasteiger partial charge in [-0.05, 0) is 31.5 Å². The fourth-order valence-electron chi connectivity index (χ4n) is 1.80. The van der Waals surface area contributed by atoms with E-state index in [1.54, 1.807) is 6.07 Å². The molecule has 76 valence electrons. The number of aromatic hydroxyl groups is 1. The summed E-state index contributed by atoms with van der Waals surface area (Å²) in [5, 5.41) is 12.8. The van der Waals surface area contributed by atoms with E-state index < -0.39 is 5.82 Å². The molecule has 0 aromatic heterocycles. The standard InChI is InChI=1S/C10H11BrFNO/c11-6-4-7(9-2-1-3-13-9)10(14)8(12)5-6/h4-5,9,13-14H,1-3H2/t9-/m1/s1. The molecule has 0 unspecified atom stereocenters. The van der Waals surface area contributed by atoms with E-state index in [0.717, 1.165) is 19.4 Å². The maximum atomic E-state index is 13.2. The van der Waals surface area contributed by atoms with E-state index in [1.165, 1.54) is 6.07 Å². The average molecular weight is 260 g/mol. The second kappa shape index (κ2) is 3.87. The lowest BCUT2D eigenvalue weighted by molar-refractivity contribution is 0.417. The van der Waals surface area contributed by atoms with Gasteiger partial charge in [-0.1, -0.05) is 15.9 Å². The van der Waals surface area contributed by atoms with Crippen molar-refractivity contribution in [3.05, 3.63) is 28.0 Å². The maximum Gasteiger partial charge on any atom is 0.166 e. The zero-order valence-electron chi connectivity index (χ0n) is 7.56. The third kappa shape index (κ3) is 1.77. The smallest absolute Gasteiger partial charge is 0.166 e. The topological polar surface area (TPSA) is 32.3 Å². The highest BCUT2D eigenvalue weighted by atomic mass is 79.9. The van der Waals surface area contributed by atoms with Crippen molar-refractivity contribution in [2.24, 2.45) is 0 Å². The van der Waals surface area contributed by atoms with Crippen molar-refractivity contribution in [1.29, 1.82) is 0 Å². The Labute approximate surface area is 90.3 Å². The second-order valence-corrected chi connectivity index (χ2v) is 4.39. The molecule has 1 aromatic carbocycles. The Balaban J connectivity index is 2.40. The number of benzene rings is 1. The molecule has 1 aromatic rings. The van der Waals surface area contributed by atoms with Crippen molar-refractivity contribution in [1.82, 2.24) is 5.32 Å². The molecule has 1 atom stereocenters. The quantitative estimate of drug-likeness (QED) is 0.813. The maximum absolute atomic E-state index is 13.2. The molecule has 0 bridgehead atoms. The van der Waals surface area contributed by atoms with Gasteiger partial charge in [0.25, 0.3) is 0 Å². The molecule has 1 aliphatic rings. The summed E-state index contributed by atoms with van der Waals surface area (Å²) in [5.41, 5.74) is 0.648. The highest BCUT2D eigenvalue weighted by Gasteiger charge is 2.21. The number of nitrogens with one attached hydrogen (secondary N) is 1. The van der Waals surface area contributed by atoms with E-state index in [2.05, 4.69) is 21.2 Å². The molecule has 14 heavy (non-hydrogen) atoms. The molecule has 0 aliphatic carbocycles. The number of hydrogen-bond acceptors (Lipinski definition) is 2. The predicted octanol–water partition coefficient (Wildman–Crippen LogP) is 2.72. The molecule has 0 saturated carbocycles. The van der Waals surface area contributed by atoms with Gasteiger partial charge >= 0.3 is 0 Å². The van der Waals surface area contributed by atoms with Crippen molar-refractivity contribution in [3.63, 3.8) is 0 Å². The summed E-state index contributed by atoms with van der Waals surface area (Å²) >= 11 is 3.22. The second-order valence-electron chi connectivity index (χ2n) is 3.47. The van der Waals surface area contributed by atoms with Crippen LogP contribution in [-0.2, 0) is 0 Å². The Bertz CT molecular complexity index is 350. The van der Waals surface area contributed by atoms with Gasteiger partial charge in [0.15, 0.2) is 11.6 Å². The lowest BCUT2D eigenvalue weighted by Gasteiger charge is -2.13. The highest BCUT2D eigenvalue weighted by molar-refractivity contribution is 9.10. The SMILES string of the molecule is Oc1c(F)cc(Br)cc1[C@H]1CCCN1. The molecule has 1 heterocycles. The molecular weight excluding hydrogens is 249 g/mol. The Morgan fingerprint density at radius 3 is 2.93 bits per heavy atom. The molecule has 1 fully saturated rings. The van der Waals surface area contributed by atoms with Crippen LogP contribution >= 0.6 is 15.9 Å². The number of rotatable bonds is 1. The summed E-state index contributed by atoms with van der Waals surface area (Å²) in [6, 6.07) is 3.12. The zero-order valence-corrected chi connectivity index (χ0v) is 9.14. The minimum Gasteiger partial charge on any atom is -0.505 e. The monoisotopic (exact) mass is 259 g/mol. The van der Waals surface area contributed by atoms with E-state index in [1.807, 2.05) is 0 Å². The van der Waals surface area contributed by atoms with Crippen LogP contribution in [0.25, 0.3) is 0 Å². The van der Waals surface area contributed by atoms with Gasteiger partial charge in [-0.2, -0.15) is 0 Å². The number of phenols is 1. The van der Waals surface area contributed by atoms with Crippen LogP contribution in [-0.4, -0.2) is 11.7 Å². The van der Waals surface area contributed by atoms with Gasteiger partial charge < -0.3 is 10.4 Å². The van der Waals surface area contributed by atoms with Crippen LogP contribution in [0.2, 0.25) is 0 Å². The predicted molar refractivity (Wildman–Crippen MR) is 55.7 cm³/mol. The van der Waals surface area contributed by atoms with Gasteiger partial charge in [-0.15, -0.1) is 0 Å². The molecule has 2 N–H and O–H groups in total. The molecule has 2 rings (SSSR count). The van der Waals surface area contributed by atoms with Crippen LogP contribution in [0, 0.1) is 5.82 Å². The Kier molecular flexibility index (Phi) is 2.74. The molecular formula is C10H11BrFNO. The molecule has 0 spiro atoms. The van der Waals surface area contributed by atoms with E-state index in [0.29, 0.717) is 10.0 Å². The minimum absolute atomic E-state index is 0.0852. The average Bonchev–Trinajstić information content (AvgIpc) is 2.63. The first-order chi connectivity index (χ1) is 6.68. The van der Waals surface area contributed by atoms with Gasteiger partial charge in [-0.3, -0.25) is 0 Å². The summed E-state index contributed by atoms with van der Waals surface area (Å²) in [5.74, 6) is -0.796. The van der Waals surface area contributed by atoms with Crippen LogP contribution in [0.5, 0.6) is 5.75 Å². The molecule has 1 saturated heterocycles. The third-order valence-corrected chi connectivity index (χ3v) is 2.95. The summed E-state index contributed by atoms with van der Waals surface area (Å²) in [4.78, 5) is 0. The summed E-state index contributed by atoms with van der Waals surface area (Å²) in [6.45, 7) is 0.929. The lowest BCUT2D eigenvalue weighted by Crippen LogP contribution is -2.13. The fraction of sp³-hybridized carbons (Fsp3) is 0.400. The minimum atomic E-state index is -0.567. The summed E-state index contributed by atoms with van der Waals surface area (Å²) < 4.78 is 13.8. The van der Waals surface area contributed by atoms with Crippen LogP contribution < -0.4 is 5.32 Å². The van der Waals surface area contributed by atoms with E-state index in [-0.39, 0.29) is 11.8 Å². The van der Waals surface area contributed by atoms with Gasteiger partial charge in [0.1, 0.15) is 0 Å². The first kappa shape index (κ1) is 9.93. The first-order valence-electron chi connectivity index (χ1n) is 4.60. The Morgan fingerprint density at radius 1 is 1.50 bits per heavy atom. The largest absolute Gasteiger partial charge is 0.505 e. The van der Waals surface area contributed by atoms with E-state index in [9.17, 15) is 9.50 Å². The van der Waals surface area contributed by atoms with Gasteiger partial charge in [0.05, 0.1) is 0 Å². The van der Waals surface area contributed by atoms with Crippen LogP contribution in [0.4, 0.5) is 4.39 Å². The fourth-order valence-corrected chi connectivity index (χ4v) is 2.25. The first-order valence-corrected chi connectivity index (χ1v) is 5.39. The molecule has 2 nitrogen and oxygen atoms in total. The van der Waals surface area contributed by atoms with Crippen molar-refractivity contribution < 1.29 is 9.50 Å². The van der Waals surface area contributed by atoms with Gasteiger partial charge in [-0.25, -0.2) is 4.39 Å². The van der Waals surface area contributed by atoms with Gasteiger partial charge in [0, 0.05) is 16.1 Å². The molecule has 1 aliphatic heterocycles. The van der Waals surface area contributed by atoms with Crippen LogP contribution in [0.3, 0.4) is 0 Å². The van der Waals surface area contributed by atoms with Crippen molar-refractivity contribution >= 4 is 15.9 Å². The van der Waals surface area contributed by atoms with Gasteiger partial charge in [0.2, 0.25) is 0 Å². The molecule has 4 heteroatoms. The summed E-state index contributed by atoms with van der Waals surface area (Å²) in [6.07, 6.45) is 2.02. The Hall–Kier alpha value is -0.610. The zero-order chi connectivity index (χ0) is 10.1. The van der Waals surface area contributed by atoms with Crippen molar-refractivity contribution in [3.8, 4) is 5.75 Å². The number of phenolic OH excluding ortho intramolecular Hbond substituents is 1. The van der Waals surface area contributed by atoms with E-state index >= 15 is 0 Å². The number of halogens is 2.